The van der Waals surface area contributed by atoms with Crippen LogP contribution in [0.15, 0.2) is 19.3 Å². The predicted molar refractivity (Wildman–Crippen MR) is 84.0 cm³/mol. The number of unbranched alkanes of at least 4 members (excludes halogenated alkanes) is 2. The van der Waals surface area contributed by atoms with Gasteiger partial charge >= 0.3 is 114 Å². The van der Waals surface area contributed by atoms with Gasteiger partial charge < -0.3 is 0 Å². The molecule has 17 heavy (non-hydrogen) atoms. The van der Waals surface area contributed by atoms with Gasteiger partial charge in [-0.25, -0.2) is 0 Å². The van der Waals surface area contributed by atoms with Gasteiger partial charge in [-0.15, -0.1) is 0 Å². The van der Waals surface area contributed by atoms with Crippen LogP contribution in [0.1, 0.15) is 67.2 Å². The Morgan fingerprint density at radius 3 is 1.35 bits per heavy atom. The van der Waals surface area contributed by atoms with Crippen molar-refractivity contribution < 1.29 is 0 Å². The van der Waals surface area contributed by atoms with Crippen LogP contribution in [-0.2, 0) is 0 Å². The molecule has 1 heteroatoms. The van der Waals surface area contributed by atoms with Crippen LogP contribution in [0.25, 0.3) is 0 Å². The van der Waals surface area contributed by atoms with E-state index in [4.69, 9.17) is 0 Å². The summed E-state index contributed by atoms with van der Waals surface area (Å²) in [6.07, 6.45) is 5.54. The molecule has 0 heterocycles. The first-order chi connectivity index (χ1) is 7.95. The second-order valence-corrected chi connectivity index (χ2v) is 17.4. The zero-order chi connectivity index (χ0) is 13.3. The summed E-state index contributed by atoms with van der Waals surface area (Å²) in [5, 5.41) is 0. The van der Waals surface area contributed by atoms with Crippen molar-refractivity contribution in [3.63, 3.8) is 0 Å². The van der Waals surface area contributed by atoms with Crippen LogP contribution >= 0.6 is 0 Å². The van der Waals surface area contributed by atoms with Crippen LogP contribution in [-0.4, -0.2) is 18.4 Å². The average Bonchev–Trinajstić information content (AvgIpc) is 2.22. The van der Waals surface area contributed by atoms with E-state index in [1.54, 1.807) is 11.1 Å². The summed E-state index contributed by atoms with van der Waals surface area (Å²) in [5.41, 5.74) is 3.09. The first-order valence-corrected chi connectivity index (χ1v) is 14.6. The Morgan fingerprint density at radius 2 is 1.12 bits per heavy atom. The average molecular weight is 343 g/mol. The van der Waals surface area contributed by atoms with Crippen molar-refractivity contribution in [3.8, 4) is 0 Å². The van der Waals surface area contributed by atoms with Gasteiger partial charge in [0.25, 0.3) is 0 Å². The summed E-state index contributed by atoms with van der Waals surface area (Å²) < 4.78 is 8.46. The van der Waals surface area contributed by atoms with E-state index in [1.165, 1.54) is 34.6 Å². The summed E-state index contributed by atoms with van der Waals surface area (Å²) in [6, 6.07) is 0. The van der Waals surface area contributed by atoms with Gasteiger partial charge in [0.15, 0.2) is 0 Å². The number of hydrogen-bond acceptors (Lipinski definition) is 0. The van der Waals surface area contributed by atoms with Crippen LogP contribution in [0.3, 0.4) is 0 Å². The molecule has 0 amide bonds. The van der Waals surface area contributed by atoms with Crippen LogP contribution in [0.5, 0.6) is 0 Å². The first-order valence-electron chi connectivity index (χ1n) is 7.28. The zero-order valence-electron chi connectivity index (χ0n) is 12.9. The minimum absolute atomic E-state index is 1.35. The third-order valence-electron chi connectivity index (χ3n) is 3.14. The van der Waals surface area contributed by atoms with E-state index in [2.05, 4.69) is 49.7 Å². The Kier molecular flexibility index (Phi) is 9.39. The van der Waals surface area contributed by atoms with Crippen molar-refractivity contribution in [3.05, 3.63) is 19.3 Å². The van der Waals surface area contributed by atoms with E-state index in [0.29, 0.717) is 0 Å². The molecule has 0 saturated carbocycles. The van der Waals surface area contributed by atoms with Gasteiger partial charge in [0, 0.05) is 0 Å². The predicted octanol–water partition coefficient (Wildman–Crippen LogP) is 6.05. The normalized spacial score (nSPS) is 11.2. The molecule has 0 aliphatic carbocycles. The van der Waals surface area contributed by atoms with Crippen molar-refractivity contribution in [1.82, 2.24) is 0 Å². The van der Waals surface area contributed by atoms with Gasteiger partial charge in [-0.3, -0.25) is 0 Å². The van der Waals surface area contributed by atoms with E-state index < -0.39 is 18.4 Å². The summed E-state index contributed by atoms with van der Waals surface area (Å²) in [4.78, 5) is 0. The first kappa shape index (κ1) is 17.3. The van der Waals surface area contributed by atoms with E-state index >= 15 is 0 Å². The Labute approximate surface area is 113 Å². The maximum atomic E-state index is 2.72. The van der Waals surface area contributed by atoms with Crippen molar-refractivity contribution in [1.29, 1.82) is 0 Å². The summed E-state index contributed by atoms with van der Waals surface area (Å²) in [7, 11) is 0. The molecule has 0 bridgehead atoms. The molecule has 0 aliphatic rings. The van der Waals surface area contributed by atoms with E-state index in [1.807, 2.05) is 0 Å². The monoisotopic (exact) mass is 344 g/mol. The SMILES string of the molecule is CCC[CH2][Sn]([CH]=C(C)C)([CH]=C(C)C)[CH2]CCC. The fourth-order valence-corrected chi connectivity index (χ4v) is 17.6. The number of rotatable bonds is 8. The molecule has 0 aromatic rings. The second-order valence-electron chi connectivity index (χ2n) is 5.88. The third-order valence-corrected chi connectivity index (χ3v) is 17.1. The molecule has 0 spiro atoms. The molecule has 0 aromatic carbocycles. The molecule has 0 N–H and O–H groups in total. The van der Waals surface area contributed by atoms with E-state index in [9.17, 15) is 0 Å². The quantitative estimate of drug-likeness (QED) is 0.471. The van der Waals surface area contributed by atoms with Crippen LogP contribution in [0.2, 0.25) is 8.87 Å². The fourth-order valence-electron chi connectivity index (χ4n) is 2.62. The van der Waals surface area contributed by atoms with Crippen molar-refractivity contribution in [2.45, 2.75) is 76.1 Å². The maximum absolute atomic E-state index is 2.72. The van der Waals surface area contributed by atoms with Crippen LogP contribution in [0, 0.1) is 0 Å². The molecular formula is C16H32Sn. The van der Waals surface area contributed by atoms with E-state index in [0.717, 1.165) is 0 Å². The number of allylic oxidation sites excluding steroid dienone is 2. The molecule has 100 valence electrons. The molecular weight excluding hydrogens is 311 g/mol. The van der Waals surface area contributed by atoms with Gasteiger partial charge in [-0.1, -0.05) is 0 Å². The van der Waals surface area contributed by atoms with Gasteiger partial charge in [0.2, 0.25) is 0 Å². The minimum atomic E-state index is -2.11. The molecule has 0 nitrogen and oxygen atoms in total. The van der Waals surface area contributed by atoms with Crippen molar-refractivity contribution in [2.24, 2.45) is 0 Å². The summed E-state index contributed by atoms with van der Waals surface area (Å²) in [5.74, 6) is 0. The molecule has 0 radical (unpaired) electrons. The van der Waals surface area contributed by atoms with Crippen molar-refractivity contribution >= 4 is 18.4 Å². The fraction of sp³-hybridized carbons (Fsp3) is 0.750. The standard InChI is InChI=1S/2C4H7.2C4H9.Sn/c2*1-4(2)3;2*1-3-4-2;/h2*1H,2-3H3;2*1,3-4H2,2H3;. The van der Waals surface area contributed by atoms with Crippen LogP contribution < -0.4 is 0 Å². The Balaban J connectivity index is 5.05. The Morgan fingerprint density at radius 1 is 0.765 bits per heavy atom. The van der Waals surface area contributed by atoms with Gasteiger partial charge in [-0.2, -0.15) is 0 Å². The summed E-state index contributed by atoms with van der Waals surface area (Å²) >= 11 is -2.11. The summed E-state index contributed by atoms with van der Waals surface area (Å²) in [6.45, 7) is 13.8. The molecule has 0 unspecified atom stereocenters. The number of hydrogen-bond donors (Lipinski definition) is 0. The Hall–Kier alpha value is 0.279. The third kappa shape index (κ3) is 8.07. The molecule has 0 rings (SSSR count). The van der Waals surface area contributed by atoms with Gasteiger partial charge in [0.1, 0.15) is 0 Å². The topological polar surface area (TPSA) is 0 Å². The van der Waals surface area contributed by atoms with E-state index in [-0.39, 0.29) is 0 Å². The van der Waals surface area contributed by atoms with Gasteiger partial charge in [0.05, 0.1) is 0 Å². The zero-order valence-corrected chi connectivity index (χ0v) is 15.8. The Bertz CT molecular complexity index is 225. The molecule has 0 atom stereocenters. The molecule has 0 saturated heterocycles. The van der Waals surface area contributed by atoms with Crippen molar-refractivity contribution in [2.75, 3.05) is 0 Å². The van der Waals surface area contributed by atoms with Crippen LogP contribution in [0.4, 0.5) is 0 Å². The molecule has 0 fully saturated rings. The molecule has 0 aliphatic heterocycles. The molecule has 0 aromatic heterocycles. The van der Waals surface area contributed by atoms with Gasteiger partial charge in [-0.05, 0) is 0 Å². The second kappa shape index (κ2) is 9.24.